The summed E-state index contributed by atoms with van der Waals surface area (Å²) in [6.45, 7) is 6.25. The van der Waals surface area contributed by atoms with Crippen molar-refractivity contribution in [3.63, 3.8) is 0 Å². The predicted molar refractivity (Wildman–Crippen MR) is 88.5 cm³/mol. The van der Waals surface area contributed by atoms with E-state index >= 15 is 0 Å². The zero-order valence-corrected chi connectivity index (χ0v) is 14.6. The molecule has 3 nitrogen and oxygen atoms in total. The Morgan fingerprint density at radius 2 is 2.00 bits per heavy atom. The fourth-order valence-electron chi connectivity index (χ4n) is 4.81. The van der Waals surface area contributed by atoms with E-state index in [1.165, 1.54) is 12.8 Å². The molecule has 0 spiro atoms. The molecule has 2 saturated carbocycles. The molecule has 0 bridgehead atoms. The minimum Gasteiger partial charge on any atom is -0.461 e. The Morgan fingerprint density at radius 1 is 1.27 bits per heavy atom. The molecular formula is C18H26O3S. The Balaban J connectivity index is 1.88. The SMILES string of the molecule is CCCCS/C=C1/C[C@H]2OC(=O)[C@@]3(C)CCC[C@](C)(C1=O)[C@@H]23. The summed E-state index contributed by atoms with van der Waals surface area (Å²) in [6.07, 6.45) is 5.53. The van der Waals surface area contributed by atoms with Crippen LogP contribution in [0.25, 0.3) is 0 Å². The van der Waals surface area contributed by atoms with Gasteiger partial charge in [0, 0.05) is 23.3 Å². The van der Waals surface area contributed by atoms with Crippen LogP contribution in [0.1, 0.15) is 59.3 Å². The second-order valence-corrected chi connectivity index (χ2v) is 8.49. The van der Waals surface area contributed by atoms with E-state index in [0.29, 0.717) is 6.42 Å². The molecule has 0 aromatic rings. The van der Waals surface area contributed by atoms with Crippen molar-refractivity contribution < 1.29 is 14.3 Å². The van der Waals surface area contributed by atoms with Crippen molar-refractivity contribution >= 4 is 23.5 Å². The summed E-state index contributed by atoms with van der Waals surface area (Å²) in [7, 11) is 0. The lowest BCUT2D eigenvalue weighted by Gasteiger charge is -2.49. The highest BCUT2D eigenvalue weighted by Crippen LogP contribution is 2.61. The average Bonchev–Trinajstić information content (AvgIpc) is 2.73. The zero-order chi connectivity index (χ0) is 16.0. The maximum atomic E-state index is 13.1. The van der Waals surface area contributed by atoms with Crippen molar-refractivity contribution in [1.29, 1.82) is 0 Å². The fraction of sp³-hybridized carbons (Fsp3) is 0.778. The number of carbonyl (C=O) groups is 2. The van der Waals surface area contributed by atoms with Crippen LogP contribution in [0.3, 0.4) is 0 Å². The molecule has 2 aliphatic carbocycles. The number of hydrogen-bond donors (Lipinski definition) is 0. The Morgan fingerprint density at radius 3 is 2.73 bits per heavy atom. The van der Waals surface area contributed by atoms with Crippen LogP contribution < -0.4 is 0 Å². The van der Waals surface area contributed by atoms with Gasteiger partial charge in [0.2, 0.25) is 0 Å². The number of ketones is 1. The predicted octanol–water partition coefficient (Wildman–Crippen LogP) is 4.11. The molecule has 0 unspecified atom stereocenters. The van der Waals surface area contributed by atoms with E-state index in [-0.39, 0.29) is 23.8 Å². The molecule has 0 radical (unpaired) electrons. The minimum atomic E-state index is -0.450. The summed E-state index contributed by atoms with van der Waals surface area (Å²) >= 11 is 1.73. The molecule has 0 amide bonds. The Hall–Kier alpha value is -0.770. The Labute approximate surface area is 137 Å². The van der Waals surface area contributed by atoms with Crippen molar-refractivity contribution in [2.45, 2.75) is 65.4 Å². The summed E-state index contributed by atoms with van der Waals surface area (Å²) in [4.78, 5) is 25.4. The monoisotopic (exact) mass is 322 g/mol. The maximum Gasteiger partial charge on any atom is 0.312 e. The average molecular weight is 322 g/mol. The molecule has 122 valence electrons. The molecule has 3 fully saturated rings. The van der Waals surface area contributed by atoms with Gasteiger partial charge in [0.1, 0.15) is 6.10 Å². The maximum absolute atomic E-state index is 13.1. The first-order valence-corrected chi connectivity index (χ1v) is 9.55. The summed E-state index contributed by atoms with van der Waals surface area (Å²) in [6, 6.07) is 0. The third-order valence-electron chi connectivity index (χ3n) is 5.93. The van der Waals surface area contributed by atoms with Gasteiger partial charge in [-0.2, -0.15) is 0 Å². The summed E-state index contributed by atoms with van der Waals surface area (Å²) in [5, 5.41) is 2.04. The molecule has 4 heteroatoms. The van der Waals surface area contributed by atoms with Crippen molar-refractivity contribution in [2.75, 3.05) is 5.75 Å². The molecular weight excluding hydrogens is 296 g/mol. The molecule has 1 saturated heterocycles. The first-order chi connectivity index (χ1) is 10.4. The van der Waals surface area contributed by atoms with Crippen molar-refractivity contribution in [2.24, 2.45) is 16.7 Å². The van der Waals surface area contributed by atoms with Gasteiger partial charge in [0.25, 0.3) is 0 Å². The lowest BCUT2D eigenvalue weighted by Crippen LogP contribution is -2.54. The van der Waals surface area contributed by atoms with Crippen LogP contribution in [0.2, 0.25) is 0 Å². The van der Waals surface area contributed by atoms with Gasteiger partial charge < -0.3 is 4.74 Å². The highest BCUT2D eigenvalue weighted by atomic mass is 32.2. The highest BCUT2D eigenvalue weighted by Gasteiger charge is 2.66. The van der Waals surface area contributed by atoms with Crippen LogP contribution >= 0.6 is 11.8 Å². The minimum absolute atomic E-state index is 0.0616. The van der Waals surface area contributed by atoms with Gasteiger partial charge >= 0.3 is 5.97 Å². The van der Waals surface area contributed by atoms with Crippen LogP contribution in [0.15, 0.2) is 11.0 Å². The smallest absolute Gasteiger partial charge is 0.312 e. The van der Waals surface area contributed by atoms with E-state index in [1.54, 1.807) is 11.8 Å². The highest BCUT2D eigenvalue weighted by molar-refractivity contribution is 8.02. The van der Waals surface area contributed by atoms with Crippen LogP contribution in [0.5, 0.6) is 0 Å². The molecule has 3 rings (SSSR count). The standard InChI is InChI=1S/C18H26O3S/c1-4-5-9-22-11-12-10-13-14-17(2,15(12)19)7-6-8-18(14,3)16(20)21-13/h11,13-14H,4-10H2,1-3H3/b12-11-/t13-,14-,17+,18+/m1/s1. The lowest BCUT2D eigenvalue weighted by molar-refractivity contribution is -0.148. The largest absolute Gasteiger partial charge is 0.461 e. The van der Waals surface area contributed by atoms with Crippen LogP contribution in [-0.4, -0.2) is 23.6 Å². The van der Waals surface area contributed by atoms with E-state index in [2.05, 4.69) is 13.8 Å². The third-order valence-corrected chi connectivity index (χ3v) is 6.91. The van der Waals surface area contributed by atoms with Crippen LogP contribution in [0.4, 0.5) is 0 Å². The second kappa shape index (κ2) is 5.70. The number of hydrogen-bond acceptors (Lipinski definition) is 4. The topological polar surface area (TPSA) is 43.4 Å². The summed E-state index contributed by atoms with van der Waals surface area (Å²) in [5.74, 6) is 1.30. The lowest BCUT2D eigenvalue weighted by atomic mass is 9.50. The third kappa shape index (κ3) is 2.26. The number of rotatable bonds is 4. The fourth-order valence-corrected chi connectivity index (χ4v) is 5.78. The van der Waals surface area contributed by atoms with Gasteiger partial charge in [-0.15, -0.1) is 11.8 Å². The first kappa shape index (κ1) is 16.1. The van der Waals surface area contributed by atoms with E-state index in [1.807, 2.05) is 12.3 Å². The molecule has 1 aliphatic heterocycles. The van der Waals surface area contributed by atoms with Gasteiger partial charge in [-0.3, -0.25) is 9.59 Å². The van der Waals surface area contributed by atoms with E-state index in [9.17, 15) is 9.59 Å². The molecule has 0 N–H and O–H groups in total. The van der Waals surface area contributed by atoms with Gasteiger partial charge in [-0.1, -0.05) is 26.7 Å². The van der Waals surface area contributed by atoms with Gasteiger partial charge in [0.05, 0.1) is 5.41 Å². The summed E-state index contributed by atoms with van der Waals surface area (Å²) < 4.78 is 5.71. The van der Waals surface area contributed by atoms with Crippen molar-refractivity contribution in [3.05, 3.63) is 11.0 Å². The molecule has 22 heavy (non-hydrogen) atoms. The first-order valence-electron chi connectivity index (χ1n) is 8.50. The number of Topliss-reactive ketones (excluding diaryl/α,β-unsaturated/α-hetero) is 1. The van der Waals surface area contributed by atoms with Crippen molar-refractivity contribution in [3.8, 4) is 0 Å². The number of esters is 1. The summed E-state index contributed by atoms with van der Waals surface area (Å²) in [5.41, 5.74) is 0.0109. The van der Waals surface area contributed by atoms with E-state index < -0.39 is 10.8 Å². The number of unbranched alkanes of at least 4 members (excludes halogenated alkanes) is 1. The van der Waals surface area contributed by atoms with E-state index in [4.69, 9.17) is 4.74 Å². The Bertz CT molecular complexity index is 526. The molecule has 1 heterocycles. The van der Waals surface area contributed by atoms with Gasteiger partial charge in [-0.25, -0.2) is 0 Å². The molecule has 0 aromatic heterocycles. The zero-order valence-electron chi connectivity index (χ0n) is 13.8. The second-order valence-electron chi connectivity index (χ2n) is 7.51. The van der Waals surface area contributed by atoms with Gasteiger partial charge in [-0.05, 0) is 37.3 Å². The van der Waals surface area contributed by atoms with Crippen LogP contribution in [-0.2, 0) is 14.3 Å². The quantitative estimate of drug-likeness (QED) is 0.444. The van der Waals surface area contributed by atoms with Crippen LogP contribution in [0, 0.1) is 16.7 Å². The Kier molecular flexibility index (Phi) is 4.17. The number of carbonyl (C=O) groups excluding carboxylic acids is 2. The molecule has 0 aromatic carbocycles. The number of thioether (sulfide) groups is 1. The molecule has 3 aliphatic rings. The molecule has 4 atom stereocenters. The normalized spacial score (nSPS) is 42.4. The number of ether oxygens (including phenoxy) is 1. The van der Waals surface area contributed by atoms with E-state index in [0.717, 1.165) is 30.6 Å². The van der Waals surface area contributed by atoms with Gasteiger partial charge in [0.15, 0.2) is 5.78 Å². The van der Waals surface area contributed by atoms with Crippen molar-refractivity contribution in [1.82, 2.24) is 0 Å².